The molecular formula is C9H9BrF3N. The summed E-state index contributed by atoms with van der Waals surface area (Å²) in [4.78, 5) is 3.37. The zero-order chi connectivity index (χ0) is 10.8. The molecular weight excluding hydrogens is 259 g/mol. The van der Waals surface area contributed by atoms with Crippen LogP contribution in [0.25, 0.3) is 0 Å². The minimum Gasteiger partial charge on any atom is -0.252 e. The standard InChI is InChI=1S/C9H9BrF3N/c1-6(5-10)7-3-2-4-14-8(7)9(11,12)13/h2-4,6H,5H2,1H3. The van der Waals surface area contributed by atoms with Gasteiger partial charge in [0.05, 0.1) is 0 Å². The van der Waals surface area contributed by atoms with Crippen LogP contribution in [-0.2, 0) is 6.18 Å². The lowest BCUT2D eigenvalue weighted by molar-refractivity contribution is -0.141. The van der Waals surface area contributed by atoms with Crippen molar-refractivity contribution in [3.05, 3.63) is 29.6 Å². The number of aromatic nitrogens is 1. The third kappa shape index (κ3) is 2.47. The van der Waals surface area contributed by atoms with Crippen LogP contribution in [0, 0.1) is 0 Å². The zero-order valence-corrected chi connectivity index (χ0v) is 9.06. The molecule has 1 unspecified atom stereocenters. The van der Waals surface area contributed by atoms with Gasteiger partial charge in [-0.3, -0.25) is 4.98 Å². The number of hydrogen-bond acceptors (Lipinski definition) is 1. The van der Waals surface area contributed by atoms with Gasteiger partial charge in [-0.25, -0.2) is 0 Å². The molecule has 1 atom stereocenters. The summed E-state index contributed by atoms with van der Waals surface area (Å²) >= 11 is 3.16. The Bertz CT molecular complexity index is 311. The van der Waals surface area contributed by atoms with Crippen molar-refractivity contribution < 1.29 is 13.2 Å². The summed E-state index contributed by atoms with van der Waals surface area (Å²) < 4.78 is 37.4. The molecule has 1 nitrogen and oxygen atoms in total. The molecule has 1 rings (SSSR count). The van der Waals surface area contributed by atoms with E-state index in [9.17, 15) is 13.2 Å². The first kappa shape index (κ1) is 11.5. The maximum absolute atomic E-state index is 12.5. The molecule has 0 bridgehead atoms. The topological polar surface area (TPSA) is 12.9 Å². The number of alkyl halides is 4. The van der Waals surface area contributed by atoms with Gasteiger partial charge in [-0.15, -0.1) is 0 Å². The molecule has 0 aliphatic rings. The molecule has 1 heterocycles. The van der Waals surface area contributed by atoms with Crippen LogP contribution in [0.2, 0.25) is 0 Å². The largest absolute Gasteiger partial charge is 0.433 e. The third-order valence-corrected chi connectivity index (χ3v) is 2.84. The van der Waals surface area contributed by atoms with Crippen LogP contribution in [0.15, 0.2) is 18.3 Å². The lowest BCUT2D eigenvalue weighted by Crippen LogP contribution is -2.13. The van der Waals surface area contributed by atoms with Crippen molar-refractivity contribution >= 4 is 15.9 Å². The van der Waals surface area contributed by atoms with Crippen LogP contribution in [0.5, 0.6) is 0 Å². The summed E-state index contributed by atoms with van der Waals surface area (Å²) in [5.41, 5.74) is -0.552. The Morgan fingerprint density at radius 2 is 2.14 bits per heavy atom. The van der Waals surface area contributed by atoms with Gasteiger partial charge in [0.2, 0.25) is 0 Å². The van der Waals surface area contributed by atoms with Crippen molar-refractivity contribution in [2.24, 2.45) is 0 Å². The predicted octanol–water partition coefficient (Wildman–Crippen LogP) is 3.60. The fraction of sp³-hybridized carbons (Fsp3) is 0.444. The van der Waals surface area contributed by atoms with Crippen molar-refractivity contribution in [1.82, 2.24) is 4.98 Å². The van der Waals surface area contributed by atoms with Crippen LogP contribution in [-0.4, -0.2) is 10.3 Å². The minimum absolute atomic E-state index is 0.194. The van der Waals surface area contributed by atoms with Crippen molar-refractivity contribution in [2.75, 3.05) is 5.33 Å². The Morgan fingerprint density at radius 3 is 2.64 bits per heavy atom. The number of nitrogens with zero attached hydrogens (tertiary/aromatic N) is 1. The van der Waals surface area contributed by atoms with E-state index in [0.717, 1.165) is 6.20 Å². The fourth-order valence-electron chi connectivity index (χ4n) is 1.14. The van der Waals surface area contributed by atoms with Crippen molar-refractivity contribution in [3.63, 3.8) is 0 Å². The normalized spacial score (nSPS) is 14.1. The molecule has 78 valence electrons. The smallest absolute Gasteiger partial charge is 0.252 e. The van der Waals surface area contributed by atoms with E-state index in [4.69, 9.17) is 0 Å². The highest BCUT2D eigenvalue weighted by atomic mass is 79.9. The first-order chi connectivity index (χ1) is 6.46. The molecule has 1 aromatic rings. The molecule has 1 aromatic heterocycles. The van der Waals surface area contributed by atoms with E-state index >= 15 is 0 Å². The molecule has 0 radical (unpaired) electrons. The van der Waals surface area contributed by atoms with Gasteiger partial charge in [0, 0.05) is 11.5 Å². The molecule has 14 heavy (non-hydrogen) atoms. The predicted molar refractivity (Wildman–Crippen MR) is 51.4 cm³/mol. The fourth-order valence-corrected chi connectivity index (χ4v) is 1.48. The second kappa shape index (κ2) is 4.29. The second-order valence-electron chi connectivity index (χ2n) is 2.99. The Morgan fingerprint density at radius 1 is 1.50 bits per heavy atom. The highest BCUT2D eigenvalue weighted by molar-refractivity contribution is 9.09. The molecule has 0 amide bonds. The summed E-state index contributed by atoms with van der Waals surface area (Å²) in [6.07, 6.45) is -3.21. The van der Waals surface area contributed by atoms with Crippen molar-refractivity contribution in [2.45, 2.75) is 19.0 Å². The van der Waals surface area contributed by atoms with Crippen LogP contribution >= 0.6 is 15.9 Å². The molecule has 0 saturated heterocycles. The molecule has 0 aliphatic carbocycles. The van der Waals surface area contributed by atoms with Gasteiger partial charge in [-0.05, 0) is 17.5 Å². The SMILES string of the molecule is CC(CBr)c1cccnc1C(F)(F)F. The van der Waals surface area contributed by atoms with Crippen LogP contribution in [0.1, 0.15) is 24.1 Å². The van der Waals surface area contributed by atoms with Crippen molar-refractivity contribution in [1.29, 1.82) is 0 Å². The van der Waals surface area contributed by atoms with Crippen molar-refractivity contribution in [3.8, 4) is 0 Å². The Hall–Kier alpha value is -0.580. The molecule has 0 spiro atoms. The van der Waals surface area contributed by atoms with E-state index in [1.54, 1.807) is 6.92 Å². The highest BCUT2D eigenvalue weighted by Crippen LogP contribution is 2.33. The molecule has 0 aromatic carbocycles. The monoisotopic (exact) mass is 267 g/mol. The van der Waals surface area contributed by atoms with Gasteiger partial charge in [-0.2, -0.15) is 13.2 Å². The van der Waals surface area contributed by atoms with E-state index in [0.29, 0.717) is 5.33 Å². The lowest BCUT2D eigenvalue weighted by atomic mass is 10.0. The Balaban J connectivity index is 3.16. The van der Waals surface area contributed by atoms with Crippen LogP contribution in [0.4, 0.5) is 13.2 Å². The summed E-state index contributed by atoms with van der Waals surface area (Å²) in [6.45, 7) is 1.72. The van der Waals surface area contributed by atoms with E-state index in [-0.39, 0.29) is 11.5 Å². The quantitative estimate of drug-likeness (QED) is 0.747. The second-order valence-corrected chi connectivity index (χ2v) is 3.64. The maximum Gasteiger partial charge on any atom is 0.433 e. The molecule has 0 saturated carbocycles. The van der Waals surface area contributed by atoms with E-state index < -0.39 is 11.9 Å². The van der Waals surface area contributed by atoms with Gasteiger partial charge >= 0.3 is 6.18 Å². The molecule has 0 fully saturated rings. The van der Waals surface area contributed by atoms with Crippen LogP contribution in [0.3, 0.4) is 0 Å². The summed E-state index contributed by atoms with van der Waals surface area (Å²) in [5, 5.41) is 0.488. The summed E-state index contributed by atoms with van der Waals surface area (Å²) in [5.74, 6) is -0.194. The van der Waals surface area contributed by atoms with Crippen LogP contribution < -0.4 is 0 Å². The number of halogens is 4. The maximum atomic E-state index is 12.5. The average molecular weight is 268 g/mol. The van der Waals surface area contributed by atoms with Gasteiger partial charge in [-0.1, -0.05) is 28.9 Å². The molecule has 5 heteroatoms. The van der Waals surface area contributed by atoms with Gasteiger partial charge in [0.1, 0.15) is 5.69 Å². The first-order valence-corrected chi connectivity index (χ1v) is 5.17. The van der Waals surface area contributed by atoms with Gasteiger partial charge in [0.15, 0.2) is 0 Å². The first-order valence-electron chi connectivity index (χ1n) is 4.05. The van der Waals surface area contributed by atoms with Gasteiger partial charge in [0.25, 0.3) is 0 Å². The number of hydrogen-bond donors (Lipinski definition) is 0. The molecule has 0 aliphatic heterocycles. The van der Waals surface area contributed by atoms with Gasteiger partial charge < -0.3 is 0 Å². The number of pyridine rings is 1. The third-order valence-electron chi connectivity index (χ3n) is 1.87. The summed E-state index contributed by atoms with van der Waals surface area (Å²) in [7, 11) is 0. The average Bonchev–Trinajstić information content (AvgIpc) is 2.15. The Labute approximate surface area is 88.5 Å². The van der Waals surface area contributed by atoms with E-state index in [1.807, 2.05) is 0 Å². The zero-order valence-electron chi connectivity index (χ0n) is 7.48. The minimum atomic E-state index is -4.37. The summed E-state index contributed by atoms with van der Waals surface area (Å²) in [6, 6.07) is 2.98. The van der Waals surface area contributed by atoms with E-state index in [1.165, 1.54) is 12.1 Å². The number of rotatable bonds is 2. The Kier molecular flexibility index (Phi) is 3.53. The van der Waals surface area contributed by atoms with E-state index in [2.05, 4.69) is 20.9 Å². The lowest BCUT2D eigenvalue weighted by Gasteiger charge is -2.14. The highest BCUT2D eigenvalue weighted by Gasteiger charge is 2.35. The molecule has 0 N–H and O–H groups in total.